The van der Waals surface area contributed by atoms with Gasteiger partial charge in [0, 0.05) is 43.0 Å². The van der Waals surface area contributed by atoms with Gasteiger partial charge in [0.05, 0.1) is 24.5 Å². The molecule has 1 aliphatic heterocycles. The van der Waals surface area contributed by atoms with Crippen molar-refractivity contribution in [3.63, 3.8) is 0 Å². The fraction of sp³-hybridized carbons (Fsp3) is 0.292. The first kappa shape index (κ1) is 22.9. The van der Waals surface area contributed by atoms with E-state index in [1.165, 1.54) is 10.4 Å². The van der Waals surface area contributed by atoms with E-state index in [0.717, 1.165) is 29.7 Å². The maximum atomic E-state index is 13.2. The number of benzene rings is 2. The Labute approximate surface area is 193 Å². The van der Waals surface area contributed by atoms with Crippen LogP contribution < -0.4 is 15.4 Å². The molecule has 33 heavy (non-hydrogen) atoms. The highest BCUT2D eigenvalue weighted by atomic mass is 32.2. The Morgan fingerprint density at radius 3 is 2.45 bits per heavy atom. The molecular weight excluding hydrogens is 442 g/mol. The zero-order valence-electron chi connectivity index (χ0n) is 18.4. The van der Waals surface area contributed by atoms with Gasteiger partial charge in [-0.15, -0.1) is 0 Å². The van der Waals surface area contributed by atoms with E-state index >= 15 is 0 Å². The van der Waals surface area contributed by atoms with Crippen LogP contribution in [0.5, 0.6) is 5.75 Å². The first-order valence-electron chi connectivity index (χ1n) is 10.8. The molecule has 3 aromatic rings. The molecule has 174 valence electrons. The van der Waals surface area contributed by atoms with Crippen LogP contribution in [0.15, 0.2) is 70.4 Å². The molecule has 0 bridgehead atoms. The first-order valence-corrected chi connectivity index (χ1v) is 12.2. The molecule has 9 heteroatoms. The molecule has 0 radical (unpaired) electrons. The average molecular weight is 470 g/mol. The molecule has 1 aromatic heterocycles. The predicted octanol–water partition coefficient (Wildman–Crippen LogP) is 3.61. The normalized spacial score (nSPS) is 14.2. The van der Waals surface area contributed by atoms with Crippen LogP contribution in [0.2, 0.25) is 0 Å². The van der Waals surface area contributed by atoms with Gasteiger partial charge in [-0.1, -0.05) is 12.1 Å². The van der Waals surface area contributed by atoms with Gasteiger partial charge >= 0.3 is 0 Å². The van der Waals surface area contributed by atoms with E-state index in [1.807, 2.05) is 30.3 Å². The Hall–Kier alpha value is -3.30. The van der Waals surface area contributed by atoms with Crippen molar-refractivity contribution < 1.29 is 22.4 Å². The van der Waals surface area contributed by atoms with Gasteiger partial charge in [-0.3, -0.25) is 4.79 Å². The van der Waals surface area contributed by atoms with Crippen LogP contribution in [-0.2, 0) is 23.1 Å². The van der Waals surface area contributed by atoms with Crippen molar-refractivity contribution in [3.8, 4) is 5.75 Å². The number of ether oxygens (including phenoxy) is 1. The number of nitrogens with zero attached hydrogens (tertiary/aromatic N) is 1. The van der Waals surface area contributed by atoms with Gasteiger partial charge in [0.15, 0.2) is 0 Å². The smallest absolute Gasteiger partial charge is 0.251 e. The lowest BCUT2D eigenvalue weighted by Gasteiger charge is -2.18. The summed E-state index contributed by atoms with van der Waals surface area (Å²) in [6.07, 6.45) is 4.86. The number of furan rings is 1. The van der Waals surface area contributed by atoms with Gasteiger partial charge in [-0.05, 0) is 54.8 Å². The summed E-state index contributed by atoms with van der Waals surface area (Å²) in [5.41, 5.74) is 2.64. The summed E-state index contributed by atoms with van der Waals surface area (Å²) in [4.78, 5) is 13.0. The Bertz CT molecular complexity index is 1190. The van der Waals surface area contributed by atoms with Crippen molar-refractivity contribution >= 4 is 21.6 Å². The van der Waals surface area contributed by atoms with Crippen molar-refractivity contribution in [1.29, 1.82) is 0 Å². The van der Waals surface area contributed by atoms with Crippen molar-refractivity contribution in [3.05, 3.63) is 77.7 Å². The SMILES string of the molecule is COc1ccc(CNC(=O)c2cc(NCc3ccoc3)cc(S(=O)(=O)N3CCCC3)c2)cc1. The van der Waals surface area contributed by atoms with Crippen LogP contribution in [0.3, 0.4) is 0 Å². The average Bonchev–Trinajstić information content (AvgIpc) is 3.56. The van der Waals surface area contributed by atoms with Crippen molar-refractivity contribution in [1.82, 2.24) is 9.62 Å². The summed E-state index contributed by atoms with van der Waals surface area (Å²) < 4.78 is 38.1. The highest BCUT2D eigenvalue weighted by molar-refractivity contribution is 7.89. The number of carbonyl (C=O) groups is 1. The van der Waals surface area contributed by atoms with E-state index in [1.54, 1.807) is 31.8 Å². The number of carbonyl (C=O) groups excluding carboxylic acids is 1. The van der Waals surface area contributed by atoms with Gasteiger partial charge in [0.25, 0.3) is 5.91 Å². The van der Waals surface area contributed by atoms with E-state index in [2.05, 4.69) is 10.6 Å². The van der Waals surface area contributed by atoms with Crippen molar-refractivity contribution in [2.75, 3.05) is 25.5 Å². The molecule has 8 nitrogen and oxygen atoms in total. The fourth-order valence-electron chi connectivity index (χ4n) is 3.68. The van der Waals surface area contributed by atoms with Crippen LogP contribution in [0.1, 0.15) is 34.3 Å². The van der Waals surface area contributed by atoms with E-state index in [9.17, 15) is 13.2 Å². The Morgan fingerprint density at radius 2 is 1.79 bits per heavy atom. The Balaban J connectivity index is 1.56. The highest BCUT2D eigenvalue weighted by Crippen LogP contribution is 2.25. The van der Waals surface area contributed by atoms with Gasteiger partial charge in [0.2, 0.25) is 10.0 Å². The summed E-state index contributed by atoms with van der Waals surface area (Å²) >= 11 is 0. The second kappa shape index (κ2) is 10.1. The lowest BCUT2D eigenvalue weighted by molar-refractivity contribution is 0.0950. The first-order chi connectivity index (χ1) is 16.0. The van der Waals surface area contributed by atoms with Crippen LogP contribution in [0.25, 0.3) is 0 Å². The highest BCUT2D eigenvalue weighted by Gasteiger charge is 2.28. The van der Waals surface area contributed by atoms with Crippen LogP contribution in [0, 0.1) is 0 Å². The summed E-state index contributed by atoms with van der Waals surface area (Å²) in [6.45, 7) is 1.74. The zero-order chi connectivity index (χ0) is 23.3. The van der Waals surface area contributed by atoms with E-state index < -0.39 is 10.0 Å². The minimum Gasteiger partial charge on any atom is -0.497 e. The molecule has 0 unspecified atom stereocenters. The predicted molar refractivity (Wildman–Crippen MR) is 125 cm³/mol. The monoisotopic (exact) mass is 469 g/mol. The Morgan fingerprint density at radius 1 is 1.03 bits per heavy atom. The topological polar surface area (TPSA) is 101 Å². The molecule has 0 saturated carbocycles. The van der Waals surface area contributed by atoms with E-state index in [4.69, 9.17) is 9.15 Å². The number of hydrogen-bond acceptors (Lipinski definition) is 6. The van der Waals surface area contributed by atoms with Gasteiger partial charge in [-0.2, -0.15) is 4.31 Å². The second-order valence-electron chi connectivity index (χ2n) is 7.87. The molecule has 4 rings (SSSR count). The summed E-state index contributed by atoms with van der Waals surface area (Å²) in [5.74, 6) is 0.383. The molecule has 2 aromatic carbocycles. The minimum absolute atomic E-state index is 0.108. The number of hydrogen-bond donors (Lipinski definition) is 2. The molecule has 0 atom stereocenters. The largest absolute Gasteiger partial charge is 0.497 e. The third kappa shape index (κ3) is 5.55. The van der Waals surface area contributed by atoms with E-state index in [-0.39, 0.29) is 16.4 Å². The standard InChI is InChI=1S/C24H27N3O5S/c1-31-22-6-4-18(5-7-22)15-26-24(28)20-12-21(25-16-19-8-11-32-17-19)14-23(13-20)33(29,30)27-9-2-3-10-27/h4-8,11-14,17,25H,2-3,9-10,15-16H2,1H3,(H,26,28). The number of amides is 1. The number of sulfonamides is 1. The van der Waals surface area contributed by atoms with Crippen LogP contribution in [0.4, 0.5) is 5.69 Å². The lowest BCUT2D eigenvalue weighted by Crippen LogP contribution is -2.29. The Kier molecular flexibility index (Phi) is 7.00. The van der Waals surface area contributed by atoms with Gasteiger partial charge in [-0.25, -0.2) is 8.42 Å². The third-order valence-corrected chi connectivity index (χ3v) is 7.44. The summed E-state index contributed by atoms with van der Waals surface area (Å²) in [7, 11) is -2.09. The minimum atomic E-state index is -3.68. The number of methoxy groups -OCH3 is 1. The molecule has 0 spiro atoms. The van der Waals surface area contributed by atoms with Crippen LogP contribution in [-0.4, -0.2) is 38.8 Å². The third-order valence-electron chi connectivity index (χ3n) is 5.56. The molecular formula is C24H27N3O5S. The van der Waals surface area contributed by atoms with Crippen LogP contribution >= 0.6 is 0 Å². The summed E-state index contributed by atoms with van der Waals surface area (Å²) in [6, 6.07) is 13.9. The quantitative estimate of drug-likeness (QED) is 0.497. The number of nitrogens with one attached hydrogen (secondary N) is 2. The van der Waals surface area contributed by atoms with E-state index in [0.29, 0.717) is 31.9 Å². The van der Waals surface area contributed by atoms with Crippen molar-refractivity contribution in [2.24, 2.45) is 0 Å². The molecule has 2 heterocycles. The molecule has 0 aliphatic carbocycles. The maximum absolute atomic E-state index is 13.2. The van der Waals surface area contributed by atoms with Gasteiger partial charge < -0.3 is 19.8 Å². The molecule has 2 N–H and O–H groups in total. The van der Waals surface area contributed by atoms with Gasteiger partial charge in [0.1, 0.15) is 5.75 Å². The second-order valence-corrected chi connectivity index (χ2v) is 9.81. The number of anilines is 1. The zero-order valence-corrected chi connectivity index (χ0v) is 19.2. The molecule has 1 amide bonds. The summed E-state index contributed by atoms with van der Waals surface area (Å²) in [5, 5.41) is 6.06. The molecule has 1 fully saturated rings. The lowest BCUT2D eigenvalue weighted by atomic mass is 10.1. The molecule has 1 saturated heterocycles. The maximum Gasteiger partial charge on any atom is 0.251 e. The number of rotatable bonds is 9. The fourth-order valence-corrected chi connectivity index (χ4v) is 5.27. The van der Waals surface area contributed by atoms with Crippen molar-refractivity contribution in [2.45, 2.75) is 30.8 Å². The molecule has 1 aliphatic rings.